The lowest BCUT2D eigenvalue weighted by Crippen LogP contribution is -2.06. The van der Waals surface area contributed by atoms with E-state index in [2.05, 4.69) is 22.0 Å². The summed E-state index contributed by atoms with van der Waals surface area (Å²) in [6, 6.07) is 9.98. The predicted molar refractivity (Wildman–Crippen MR) is 123 cm³/mol. The monoisotopic (exact) mass is 429 g/mol. The molecule has 5 rings (SSSR count). The highest BCUT2D eigenvalue weighted by molar-refractivity contribution is 5.95. The Morgan fingerprint density at radius 2 is 1.91 bits per heavy atom. The third kappa shape index (κ3) is 3.81. The first-order valence-corrected chi connectivity index (χ1v) is 11.2. The molecule has 6 nitrogen and oxygen atoms in total. The third-order valence-electron chi connectivity index (χ3n) is 6.59. The summed E-state index contributed by atoms with van der Waals surface area (Å²) in [4.78, 5) is 15.9. The molecular formula is C26H27N3O3. The summed E-state index contributed by atoms with van der Waals surface area (Å²) in [5, 5.41) is 13.2. The lowest BCUT2D eigenvalue weighted by Gasteiger charge is -2.12. The van der Waals surface area contributed by atoms with Crippen molar-refractivity contribution in [2.24, 2.45) is 5.92 Å². The first-order valence-electron chi connectivity index (χ1n) is 11.2. The minimum absolute atomic E-state index is 0.0305. The van der Waals surface area contributed by atoms with E-state index in [1.165, 1.54) is 25.7 Å². The average molecular weight is 430 g/mol. The highest BCUT2D eigenvalue weighted by atomic mass is 16.5. The maximum Gasteiger partial charge on any atom is 0.307 e. The molecule has 6 heteroatoms. The molecule has 164 valence electrons. The number of rotatable bonds is 6. The van der Waals surface area contributed by atoms with Gasteiger partial charge in [-0.15, -0.1) is 0 Å². The van der Waals surface area contributed by atoms with Crippen LogP contribution in [0.5, 0.6) is 0 Å². The number of hydrogen-bond acceptors (Lipinski definition) is 4. The Hall–Kier alpha value is -3.41. The molecule has 1 fully saturated rings. The molecule has 32 heavy (non-hydrogen) atoms. The van der Waals surface area contributed by atoms with Crippen molar-refractivity contribution in [3.05, 3.63) is 59.7 Å². The van der Waals surface area contributed by atoms with Gasteiger partial charge in [-0.05, 0) is 49.8 Å². The topological polar surface area (TPSA) is 81.2 Å². The van der Waals surface area contributed by atoms with Crippen LogP contribution >= 0.6 is 0 Å². The largest absolute Gasteiger partial charge is 0.481 e. The fourth-order valence-electron chi connectivity index (χ4n) is 5.01. The van der Waals surface area contributed by atoms with Gasteiger partial charge in [0, 0.05) is 35.6 Å². The molecule has 3 aromatic heterocycles. The quantitative estimate of drug-likeness (QED) is 0.419. The second-order valence-electron chi connectivity index (χ2n) is 8.90. The van der Waals surface area contributed by atoms with Crippen molar-refractivity contribution in [2.75, 3.05) is 0 Å². The van der Waals surface area contributed by atoms with Crippen molar-refractivity contribution in [3.8, 4) is 22.3 Å². The number of carboxylic acids is 1. The van der Waals surface area contributed by atoms with Gasteiger partial charge in [-0.1, -0.05) is 42.3 Å². The molecule has 3 heterocycles. The molecule has 1 aliphatic rings. The van der Waals surface area contributed by atoms with E-state index in [4.69, 9.17) is 14.6 Å². The van der Waals surface area contributed by atoms with Crippen LogP contribution in [-0.4, -0.2) is 25.8 Å². The van der Waals surface area contributed by atoms with Crippen LogP contribution in [0.15, 0.2) is 47.2 Å². The van der Waals surface area contributed by atoms with Crippen molar-refractivity contribution in [3.63, 3.8) is 0 Å². The summed E-state index contributed by atoms with van der Waals surface area (Å²) >= 11 is 0. The van der Waals surface area contributed by atoms with Crippen molar-refractivity contribution >= 4 is 17.0 Å². The Balaban J connectivity index is 1.60. The number of carboxylic acid groups (broad SMARTS) is 1. The molecule has 1 saturated carbocycles. The first kappa shape index (κ1) is 20.5. The van der Waals surface area contributed by atoms with Gasteiger partial charge in [-0.2, -0.15) is 0 Å². The molecule has 0 amide bonds. The highest BCUT2D eigenvalue weighted by Gasteiger charge is 2.20. The fraction of sp³-hybridized carbons (Fsp3) is 0.346. The number of nitrogens with zero attached hydrogens (tertiary/aromatic N) is 3. The molecule has 0 atom stereocenters. The molecule has 0 aliphatic heterocycles. The van der Waals surface area contributed by atoms with Crippen LogP contribution in [0.1, 0.15) is 42.7 Å². The highest BCUT2D eigenvalue weighted by Crippen LogP contribution is 2.35. The van der Waals surface area contributed by atoms with E-state index in [0.29, 0.717) is 5.92 Å². The summed E-state index contributed by atoms with van der Waals surface area (Å²) in [7, 11) is 0. The summed E-state index contributed by atoms with van der Waals surface area (Å²) in [5.41, 5.74) is 7.88. The van der Waals surface area contributed by atoms with Crippen molar-refractivity contribution in [2.45, 2.75) is 52.5 Å². The normalized spacial score (nSPS) is 14.4. The zero-order valence-electron chi connectivity index (χ0n) is 18.5. The van der Waals surface area contributed by atoms with Crippen molar-refractivity contribution in [1.29, 1.82) is 0 Å². The zero-order chi connectivity index (χ0) is 22.2. The van der Waals surface area contributed by atoms with E-state index in [1.807, 2.05) is 44.3 Å². The Kier molecular flexibility index (Phi) is 5.29. The maximum absolute atomic E-state index is 11.0. The van der Waals surface area contributed by atoms with Gasteiger partial charge in [0.05, 0.1) is 23.1 Å². The first-order chi connectivity index (χ1) is 15.5. The number of aryl methyl sites for hydroxylation is 2. The molecule has 0 bridgehead atoms. The van der Waals surface area contributed by atoms with Gasteiger partial charge in [-0.25, -0.2) is 0 Å². The lowest BCUT2D eigenvalue weighted by molar-refractivity contribution is -0.136. The van der Waals surface area contributed by atoms with E-state index in [9.17, 15) is 4.79 Å². The predicted octanol–water partition coefficient (Wildman–Crippen LogP) is 5.79. The maximum atomic E-state index is 11.0. The van der Waals surface area contributed by atoms with Crippen LogP contribution in [0.4, 0.5) is 0 Å². The number of hydrogen-bond donors (Lipinski definition) is 1. The number of fused-ring (bicyclic) bond motifs is 1. The van der Waals surface area contributed by atoms with E-state index < -0.39 is 5.97 Å². The van der Waals surface area contributed by atoms with Gasteiger partial charge in [0.25, 0.3) is 0 Å². The summed E-state index contributed by atoms with van der Waals surface area (Å²) < 4.78 is 7.73. The summed E-state index contributed by atoms with van der Waals surface area (Å²) in [6.07, 6.45) is 9.31. The molecule has 4 aromatic rings. The van der Waals surface area contributed by atoms with E-state index >= 15 is 0 Å². The lowest BCUT2D eigenvalue weighted by atomic mass is 10.0. The molecule has 0 unspecified atom stereocenters. The number of aliphatic carboxylic acids is 1. The number of pyridine rings is 1. The van der Waals surface area contributed by atoms with Crippen LogP contribution in [0.2, 0.25) is 0 Å². The van der Waals surface area contributed by atoms with E-state index in [0.717, 1.165) is 56.8 Å². The van der Waals surface area contributed by atoms with Crippen molar-refractivity contribution < 1.29 is 14.4 Å². The van der Waals surface area contributed by atoms with Crippen LogP contribution in [0.25, 0.3) is 33.3 Å². The number of carbonyl (C=O) groups is 1. The molecule has 0 spiro atoms. The molecule has 1 N–H and O–H groups in total. The van der Waals surface area contributed by atoms with Crippen LogP contribution in [0, 0.1) is 19.8 Å². The molecule has 0 saturated heterocycles. The van der Waals surface area contributed by atoms with E-state index in [1.54, 1.807) is 0 Å². The Morgan fingerprint density at radius 1 is 1.16 bits per heavy atom. The average Bonchev–Trinajstić information content (AvgIpc) is 3.49. The SMILES string of the molecule is Cc1noc(C)c1-c1cnc2c(-c3ccc(CC(=O)O)cc3)cn(CC3CCCC3)c2c1. The van der Waals surface area contributed by atoms with Crippen LogP contribution in [-0.2, 0) is 17.8 Å². The van der Waals surface area contributed by atoms with Crippen molar-refractivity contribution in [1.82, 2.24) is 14.7 Å². The standard InChI is InChI=1S/C26H27N3O3/c1-16-25(17(2)32-28-16)21-12-23-26(27-13-21)22(15-29(23)14-19-5-3-4-6-19)20-9-7-18(8-10-20)11-24(30)31/h7-10,12-13,15,19H,3-6,11,14H2,1-2H3,(H,30,31). The Labute approximate surface area is 186 Å². The third-order valence-corrected chi connectivity index (χ3v) is 6.59. The molecule has 1 aliphatic carbocycles. The second-order valence-corrected chi connectivity index (χ2v) is 8.90. The Bertz CT molecular complexity index is 1260. The van der Waals surface area contributed by atoms with Crippen LogP contribution < -0.4 is 0 Å². The van der Waals surface area contributed by atoms with Gasteiger partial charge in [0.1, 0.15) is 5.76 Å². The van der Waals surface area contributed by atoms with Gasteiger partial charge in [-0.3, -0.25) is 9.78 Å². The van der Waals surface area contributed by atoms with E-state index in [-0.39, 0.29) is 6.42 Å². The minimum Gasteiger partial charge on any atom is -0.481 e. The molecule has 1 aromatic carbocycles. The molecule has 0 radical (unpaired) electrons. The number of benzene rings is 1. The van der Waals surface area contributed by atoms with Gasteiger partial charge in [0.15, 0.2) is 0 Å². The number of aromatic nitrogens is 3. The summed E-state index contributed by atoms with van der Waals surface area (Å²) in [6.45, 7) is 4.87. The smallest absolute Gasteiger partial charge is 0.307 e. The zero-order valence-corrected chi connectivity index (χ0v) is 18.5. The van der Waals surface area contributed by atoms with Gasteiger partial charge in [0.2, 0.25) is 0 Å². The fourth-order valence-corrected chi connectivity index (χ4v) is 5.01. The van der Waals surface area contributed by atoms with Gasteiger partial charge < -0.3 is 14.2 Å². The van der Waals surface area contributed by atoms with Crippen LogP contribution in [0.3, 0.4) is 0 Å². The second kappa shape index (κ2) is 8.26. The molecular weight excluding hydrogens is 402 g/mol. The Morgan fingerprint density at radius 3 is 2.56 bits per heavy atom. The minimum atomic E-state index is -0.820. The summed E-state index contributed by atoms with van der Waals surface area (Å²) in [5.74, 6) is 0.672. The van der Waals surface area contributed by atoms with Gasteiger partial charge >= 0.3 is 5.97 Å².